The van der Waals surface area contributed by atoms with E-state index >= 15 is 0 Å². The molecule has 0 saturated carbocycles. The fraction of sp³-hybridized carbons (Fsp3) is 0.304. The molecule has 2 amide bonds. The van der Waals surface area contributed by atoms with E-state index in [0.717, 1.165) is 22.0 Å². The van der Waals surface area contributed by atoms with Gasteiger partial charge in [-0.3, -0.25) is 4.79 Å². The molecule has 0 spiro atoms. The topological polar surface area (TPSA) is 83.2 Å². The first-order valence-corrected chi connectivity index (χ1v) is 9.78. The number of aromatic amines is 1. The first-order valence-electron chi connectivity index (χ1n) is 9.78. The summed E-state index contributed by atoms with van der Waals surface area (Å²) >= 11 is 0. The van der Waals surface area contributed by atoms with Crippen molar-refractivity contribution in [2.45, 2.75) is 33.2 Å². The van der Waals surface area contributed by atoms with E-state index < -0.39 is 12.1 Å². The monoisotopic (exact) mass is 393 g/mol. The van der Waals surface area contributed by atoms with Crippen molar-refractivity contribution in [1.82, 2.24) is 10.3 Å². The third-order valence-corrected chi connectivity index (χ3v) is 4.57. The highest BCUT2D eigenvalue weighted by molar-refractivity contribution is 5.97. The molecule has 0 aliphatic heterocycles. The Morgan fingerprint density at radius 1 is 1.07 bits per heavy atom. The molecule has 6 heteroatoms. The van der Waals surface area contributed by atoms with Gasteiger partial charge in [0.05, 0.1) is 6.61 Å². The van der Waals surface area contributed by atoms with Crippen LogP contribution in [0.2, 0.25) is 0 Å². The largest absolute Gasteiger partial charge is 0.449 e. The van der Waals surface area contributed by atoms with E-state index in [4.69, 9.17) is 4.74 Å². The highest BCUT2D eigenvalue weighted by atomic mass is 16.5. The van der Waals surface area contributed by atoms with Crippen LogP contribution >= 0.6 is 0 Å². The second-order valence-corrected chi connectivity index (χ2v) is 7.61. The Bertz CT molecular complexity index is 976. The Morgan fingerprint density at radius 2 is 1.79 bits per heavy atom. The van der Waals surface area contributed by atoms with E-state index in [1.165, 1.54) is 0 Å². The predicted molar refractivity (Wildman–Crippen MR) is 115 cm³/mol. The van der Waals surface area contributed by atoms with E-state index in [-0.39, 0.29) is 11.8 Å². The quantitative estimate of drug-likeness (QED) is 0.556. The summed E-state index contributed by atoms with van der Waals surface area (Å²) in [4.78, 5) is 28.4. The molecule has 0 radical (unpaired) electrons. The summed E-state index contributed by atoms with van der Waals surface area (Å²) in [5.74, 6) is -0.0742. The van der Waals surface area contributed by atoms with Gasteiger partial charge in [0.15, 0.2) is 0 Å². The minimum absolute atomic E-state index is 0.217. The van der Waals surface area contributed by atoms with Gasteiger partial charge in [-0.05, 0) is 36.6 Å². The molecular weight excluding hydrogens is 366 g/mol. The van der Waals surface area contributed by atoms with E-state index in [2.05, 4.69) is 15.6 Å². The number of hydrogen-bond donors (Lipinski definition) is 3. The van der Waals surface area contributed by atoms with Crippen LogP contribution in [0.3, 0.4) is 0 Å². The maximum Gasteiger partial charge on any atom is 0.407 e. The second kappa shape index (κ2) is 9.28. The molecule has 0 aliphatic carbocycles. The molecule has 3 rings (SSSR count). The van der Waals surface area contributed by atoms with Gasteiger partial charge in [-0.1, -0.05) is 49.7 Å². The number of H-pyrrole nitrogens is 1. The van der Waals surface area contributed by atoms with Crippen LogP contribution in [0.15, 0.2) is 54.7 Å². The van der Waals surface area contributed by atoms with Gasteiger partial charge in [-0.25, -0.2) is 4.79 Å². The van der Waals surface area contributed by atoms with Crippen molar-refractivity contribution >= 4 is 28.6 Å². The van der Waals surface area contributed by atoms with Crippen molar-refractivity contribution in [1.29, 1.82) is 0 Å². The normalized spacial score (nSPS) is 12.0. The summed E-state index contributed by atoms with van der Waals surface area (Å²) < 4.78 is 5.22. The Balaban J connectivity index is 1.77. The van der Waals surface area contributed by atoms with Gasteiger partial charge in [0.2, 0.25) is 5.91 Å². The smallest absolute Gasteiger partial charge is 0.407 e. The fourth-order valence-electron chi connectivity index (χ4n) is 3.02. The lowest BCUT2D eigenvalue weighted by Crippen LogP contribution is -2.45. The molecule has 2 aromatic carbocycles. The van der Waals surface area contributed by atoms with Gasteiger partial charge in [0.25, 0.3) is 0 Å². The molecule has 1 aromatic heterocycles. The van der Waals surface area contributed by atoms with Gasteiger partial charge in [-0.15, -0.1) is 0 Å². The number of amides is 2. The lowest BCUT2D eigenvalue weighted by atomic mass is 10.0. The van der Waals surface area contributed by atoms with Crippen molar-refractivity contribution < 1.29 is 14.3 Å². The average molecular weight is 393 g/mol. The minimum Gasteiger partial charge on any atom is -0.449 e. The zero-order valence-corrected chi connectivity index (χ0v) is 17.0. The Labute approximate surface area is 170 Å². The standard InChI is InChI=1S/C23H27N3O3/c1-15(2)14-29-23(28)26-21(22(27)25-18-10-8-16(3)9-11-18)12-17-13-24-20-7-5-4-6-19(17)20/h4-11,13,15,21,24H,12,14H2,1-3H3,(H,25,27)(H,26,28)/t21-/m0/s1. The van der Waals surface area contributed by atoms with Gasteiger partial charge in [0, 0.05) is 29.2 Å². The van der Waals surface area contributed by atoms with Crippen LogP contribution in [0.5, 0.6) is 0 Å². The summed E-state index contributed by atoms with van der Waals surface area (Å²) in [6.45, 7) is 6.20. The highest BCUT2D eigenvalue weighted by Gasteiger charge is 2.23. The van der Waals surface area contributed by atoms with Crippen molar-refractivity contribution in [3.8, 4) is 0 Å². The number of anilines is 1. The lowest BCUT2D eigenvalue weighted by molar-refractivity contribution is -0.118. The first-order chi connectivity index (χ1) is 13.9. The summed E-state index contributed by atoms with van der Waals surface area (Å²) in [5, 5.41) is 6.63. The molecule has 29 heavy (non-hydrogen) atoms. The van der Waals surface area contributed by atoms with Gasteiger partial charge in [-0.2, -0.15) is 0 Å². The van der Waals surface area contributed by atoms with Crippen LogP contribution in [0.25, 0.3) is 10.9 Å². The number of hydrogen-bond acceptors (Lipinski definition) is 3. The van der Waals surface area contributed by atoms with E-state index in [0.29, 0.717) is 18.7 Å². The van der Waals surface area contributed by atoms with E-state index in [1.54, 1.807) is 0 Å². The molecule has 3 aromatic rings. The van der Waals surface area contributed by atoms with Crippen molar-refractivity contribution in [2.24, 2.45) is 5.92 Å². The molecular formula is C23H27N3O3. The van der Waals surface area contributed by atoms with Crippen LogP contribution in [0, 0.1) is 12.8 Å². The van der Waals surface area contributed by atoms with Crippen LogP contribution < -0.4 is 10.6 Å². The lowest BCUT2D eigenvalue weighted by Gasteiger charge is -2.19. The maximum absolute atomic E-state index is 12.9. The number of fused-ring (bicyclic) bond motifs is 1. The SMILES string of the molecule is Cc1ccc(NC(=O)[C@H](Cc2c[nH]c3ccccc23)NC(=O)OCC(C)C)cc1. The Hall–Kier alpha value is -3.28. The van der Waals surface area contributed by atoms with Gasteiger partial charge >= 0.3 is 6.09 Å². The minimum atomic E-state index is -0.768. The molecule has 0 aliphatic rings. The van der Waals surface area contributed by atoms with E-state index in [9.17, 15) is 9.59 Å². The Kier molecular flexibility index (Phi) is 6.54. The summed E-state index contributed by atoms with van der Waals surface area (Å²) in [7, 11) is 0. The maximum atomic E-state index is 12.9. The molecule has 0 bridgehead atoms. The number of aryl methyl sites for hydroxylation is 1. The average Bonchev–Trinajstić information content (AvgIpc) is 3.10. The number of carbonyl (C=O) groups is 2. The molecule has 1 atom stereocenters. The third kappa shape index (κ3) is 5.60. The molecule has 6 nitrogen and oxygen atoms in total. The summed E-state index contributed by atoms with van der Waals surface area (Å²) in [5.41, 5.74) is 3.73. The fourth-order valence-corrected chi connectivity index (χ4v) is 3.02. The molecule has 152 valence electrons. The van der Waals surface area contributed by atoms with Crippen molar-refractivity contribution in [3.63, 3.8) is 0 Å². The van der Waals surface area contributed by atoms with Crippen LogP contribution in [0.4, 0.5) is 10.5 Å². The number of nitrogens with one attached hydrogen (secondary N) is 3. The number of alkyl carbamates (subject to hydrolysis) is 1. The second-order valence-electron chi connectivity index (χ2n) is 7.61. The van der Waals surface area contributed by atoms with E-state index in [1.807, 2.05) is 75.5 Å². The summed E-state index contributed by atoms with van der Waals surface area (Å²) in [6, 6.07) is 14.6. The number of rotatable bonds is 7. The number of carbonyl (C=O) groups excluding carboxylic acids is 2. The molecule has 1 heterocycles. The molecule has 0 fully saturated rings. The molecule has 0 saturated heterocycles. The number of para-hydroxylation sites is 1. The Morgan fingerprint density at radius 3 is 2.52 bits per heavy atom. The highest BCUT2D eigenvalue weighted by Crippen LogP contribution is 2.20. The first kappa shape index (κ1) is 20.5. The number of aromatic nitrogens is 1. The zero-order valence-electron chi connectivity index (χ0n) is 17.0. The molecule has 0 unspecified atom stereocenters. The van der Waals surface area contributed by atoms with Crippen LogP contribution in [0.1, 0.15) is 25.0 Å². The molecule has 3 N–H and O–H groups in total. The summed E-state index contributed by atoms with van der Waals surface area (Å²) in [6.07, 6.45) is 1.62. The van der Waals surface area contributed by atoms with Crippen LogP contribution in [-0.4, -0.2) is 29.6 Å². The number of ether oxygens (including phenoxy) is 1. The predicted octanol–water partition coefficient (Wildman–Crippen LogP) is 4.41. The van der Waals surface area contributed by atoms with Gasteiger partial charge < -0.3 is 20.4 Å². The number of benzene rings is 2. The van der Waals surface area contributed by atoms with Crippen LogP contribution in [-0.2, 0) is 16.0 Å². The van der Waals surface area contributed by atoms with Crippen molar-refractivity contribution in [3.05, 3.63) is 65.9 Å². The van der Waals surface area contributed by atoms with Gasteiger partial charge in [0.1, 0.15) is 6.04 Å². The van der Waals surface area contributed by atoms with Crippen molar-refractivity contribution in [2.75, 3.05) is 11.9 Å². The third-order valence-electron chi connectivity index (χ3n) is 4.57. The zero-order chi connectivity index (χ0) is 20.8.